The zero-order valence-electron chi connectivity index (χ0n) is 10.2. The molecular formula is C13H21NOS. The van der Waals surface area contributed by atoms with Gasteiger partial charge in [-0.1, -0.05) is 31.5 Å². The van der Waals surface area contributed by atoms with Gasteiger partial charge >= 0.3 is 0 Å². The van der Waals surface area contributed by atoms with E-state index in [1.165, 1.54) is 10.5 Å². The maximum atomic E-state index is 9.36. The number of aliphatic hydroxyl groups excluding tert-OH is 1. The van der Waals surface area contributed by atoms with E-state index in [0.29, 0.717) is 5.92 Å². The molecule has 3 N–H and O–H groups in total. The molecule has 90 valence electrons. The van der Waals surface area contributed by atoms with E-state index in [0.717, 1.165) is 0 Å². The second-order valence-electron chi connectivity index (χ2n) is 4.47. The normalized spacial score (nSPS) is 15.1. The average molecular weight is 239 g/mol. The molecular weight excluding hydrogens is 218 g/mol. The summed E-state index contributed by atoms with van der Waals surface area (Å²) in [6, 6.07) is 8.34. The van der Waals surface area contributed by atoms with Gasteiger partial charge in [0.2, 0.25) is 0 Å². The van der Waals surface area contributed by atoms with Crippen LogP contribution >= 0.6 is 11.8 Å². The lowest BCUT2D eigenvalue weighted by Gasteiger charge is -2.24. The van der Waals surface area contributed by atoms with Gasteiger partial charge in [0, 0.05) is 16.2 Å². The molecule has 1 aromatic rings. The third kappa shape index (κ3) is 3.81. The lowest BCUT2D eigenvalue weighted by molar-refractivity contribution is 0.269. The first-order valence-corrected chi connectivity index (χ1v) is 6.52. The minimum atomic E-state index is 0.0244. The SMILES string of the molecule is Cc1ccc(SC(CO)C(N)C(C)C)cc1. The first-order valence-electron chi connectivity index (χ1n) is 5.64. The minimum Gasteiger partial charge on any atom is -0.395 e. The van der Waals surface area contributed by atoms with Crippen LogP contribution in [0.3, 0.4) is 0 Å². The molecule has 2 atom stereocenters. The van der Waals surface area contributed by atoms with Crippen molar-refractivity contribution in [2.45, 2.75) is 37.0 Å². The quantitative estimate of drug-likeness (QED) is 0.776. The van der Waals surface area contributed by atoms with E-state index < -0.39 is 0 Å². The largest absolute Gasteiger partial charge is 0.395 e. The van der Waals surface area contributed by atoms with Gasteiger partial charge in [0.15, 0.2) is 0 Å². The summed E-state index contributed by atoms with van der Waals surface area (Å²) in [5, 5.41) is 9.43. The molecule has 0 aromatic heterocycles. The van der Waals surface area contributed by atoms with Crippen molar-refractivity contribution >= 4 is 11.8 Å². The molecule has 0 bridgehead atoms. The molecule has 0 saturated carbocycles. The van der Waals surface area contributed by atoms with Crippen molar-refractivity contribution in [1.82, 2.24) is 0 Å². The molecule has 0 amide bonds. The minimum absolute atomic E-state index is 0.0244. The summed E-state index contributed by atoms with van der Waals surface area (Å²) in [6.45, 7) is 6.36. The monoisotopic (exact) mass is 239 g/mol. The molecule has 1 aromatic carbocycles. The highest BCUT2D eigenvalue weighted by molar-refractivity contribution is 8.00. The standard InChI is InChI=1S/C13H21NOS/c1-9(2)13(14)12(8-15)16-11-6-4-10(3)5-7-11/h4-7,9,12-13,15H,8,14H2,1-3H3. The molecule has 0 aliphatic rings. The van der Waals surface area contributed by atoms with Crippen molar-refractivity contribution in [2.75, 3.05) is 6.61 Å². The Balaban J connectivity index is 2.66. The summed E-state index contributed by atoms with van der Waals surface area (Å²) in [4.78, 5) is 1.17. The average Bonchev–Trinajstić information content (AvgIpc) is 2.27. The van der Waals surface area contributed by atoms with Gasteiger partial charge in [0.1, 0.15) is 0 Å². The predicted molar refractivity (Wildman–Crippen MR) is 70.7 cm³/mol. The lowest BCUT2D eigenvalue weighted by Crippen LogP contribution is -2.39. The topological polar surface area (TPSA) is 46.2 Å². The number of nitrogens with two attached hydrogens (primary N) is 1. The highest BCUT2D eigenvalue weighted by Gasteiger charge is 2.20. The van der Waals surface area contributed by atoms with E-state index in [1.54, 1.807) is 11.8 Å². The Labute approximate surface area is 102 Å². The number of benzene rings is 1. The van der Waals surface area contributed by atoms with Crippen LogP contribution in [0, 0.1) is 12.8 Å². The molecule has 16 heavy (non-hydrogen) atoms. The van der Waals surface area contributed by atoms with E-state index in [1.807, 2.05) is 0 Å². The fraction of sp³-hybridized carbons (Fsp3) is 0.538. The Kier molecular flexibility index (Phi) is 5.32. The van der Waals surface area contributed by atoms with Crippen LogP contribution in [0.1, 0.15) is 19.4 Å². The highest BCUT2D eigenvalue weighted by Crippen LogP contribution is 2.27. The fourth-order valence-corrected chi connectivity index (χ4v) is 2.65. The fourth-order valence-electron chi connectivity index (χ4n) is 1.46. The molecule has 1 rings (SSSR count). The molecule has 0 heterocycles. The van der Waals surface area contributed by atoms with Gasteiger partial charge in [-0.25, -0.2) is 0 Å². The Bertz CT molecular complexity index is 310. The predicted octanol–water partition coefficient (Wildman–Crippen LogP) is 2.43. The Morgan fingerprint density at radius 1 is 1.25 bits per heavy atom. The van der Waals surface area contributed by atoms with Crippen molar-refractivity contribution in [1.29, 1.82) is 0 Å². The number of rotatable bonds is 5. The summed E-state index contributed by atoms with van der Waals surface area (Å²) in [7, 11) is 0. The van der Waals surface area contributed by atoms with Gasteiger partial charge in [-0.3, -0.25) is 0 Å². The van der Waals surface area contributed by atoms with Gasteiger partial charge in [0.05, 0.1) is 6.61 Å². The summed E-state index contributed by atoms with van der Waals surface area (Å²) in [5.41, 5.74) is 7.32. The summed E-state index contributed by atoms with van der Waals surface area (Å²) < 4.78 is 0. The van der Waals surface area contributed by atoms with Crippen LogP contribution in [0.15, 0.2) is 29.2 Å². The van der Waals surface area contributed by atoms with Crippen LogP contribution in [-0.4, -0.2) is 23.0 Å². The van der Waals surface area contributed by atoms with Crippen LogP contribution in [0.25, 0.3) is 0 Å². The molecule has 2 nitrogen and oxygen atoms in total. The Morgan fingerprint density at radius 3 is 2.25 bits per heavy atom. The number of thioether (sulfide) groups is 1. The molecule has 0 fully saturated rings. The van der Waals surface area contributed by atoms with Crippen molar-refractivity contribution in [3.63, 3.8) is 0 Å². The maximum Gasteiger partial charge on any atom is 0.0568 e. The zero-order valence-corrected chi connectivity index (χ0v) is 11.0. The molecule has 2 unspecified atom stereocenters. The van der Waals surface area contributed by atoms with E-state index in [4.69, 9.17) is 5.73 Å². The molecule has 0 aliphatic heterocycles. The zero-order chi connectivity index (χ0) is 12.1. The molecule has 0 radical (unpaired) electrons. The van der Waals surface area contributed by atoms with Gasteiger partial charge < -0.3 is 10.8 Å². The number of aryl methyl sites for hydroxylation is 1. The molecule has 3 heteroatoms. The van der Waals surface area contributed by atoms with Crippen LogP contribution < -0.4 is 5.73 Å². The first kappa shape index (κ1) is 13.6. The van der Waals surface area contributed by atoms with Crippen molar-refractivity contribution in [3.05, 3.63) is 29.8 Å². The highest BCUT2D eigenvalue weighted by atomic mass is 32.2. The Morgan fingerprint density at radius 2 is 1.81 bits per heavy atom. The van der Waals surface area contributed by atoms with Gasteiger partial charge in [0.25, 0.3) is 0 Å². The van der Waals surface area contributed by atoms with Crippen molar-refractivity contribution < 1.29 is 5.11 Å². The second-order valence-corrected chi connectivity index (χ2v) is 5.79. The number of hydrogen-bond acceptors (Lipinski definition) is 3. The van der Waals surface area contributed by atoms with Gasteiger partial charge in [-0.05, 0) is 25.0 Å². The van der Waals surface area contributed by atoms with E-state index >= 15 is 0 Å². The second kappa shape index (κ2) is 6.28. The van der Waals surface area contributed by atoms with Gasteiger partial charge in [-0.2, -0.15) is 0 Å². The van der Waals surface area contributed by atoms with Crippen LogP contribution in [0.4, 0.5) is 0 Å². The summed E-state index contributed by atoms with van der Waals surface area (Å²) >= 11 is 1.66. The van der Waals surface area contributed by atoms with Crippen LogP contribution in [0.2, 0.25) is 0 Å². The smallest absolute Gasteiger partial charge is 0.0568 e. The van der Waals surface area contributed by atoms with E-state index in [9.17, 15) is 5.11 Å². The third-order valence-corrected chi connectivity index (χ3v) is 4.00. The first-order chi connectivity index (χ1) is 7.54. The van der Waals surface area contributed by atoms with Crippen LogP contribution in [-0.2, 0) is 0 Å². The van der Waals surface area contributed by atoms with E-state index in [-0.39, 0.29) is 17.9 Å². The Hall–Kier alpha value is -0.510. The summed E-state index contributed by atoms with van der Waals surface area (Å²) in [5.74, 6) is 0.384. The third-order valence-electron chi connectivity index (χ3n) is 2.69. The molecule has 0 spiro atoms. The lowest BCUT2D eigenvalue weighted by atomic mass is 10.0. The van der Waals surface area contributed by atoms with Crippen LogP contribution in [0.5, 0.6) is 0 Å². The molecule has 0 aliphatic carbocycles. The maximum absolute atomic E-state index is 9.36. The number of aliphatic hydroxyl groups is 1. The van der Waals surface area contributed by atoms with E-state index in [2.05, 4.69) is 45.0 Å². The number of hydrogen-bond donors (Lipinski definition) is 2. The van der Waals surface area contributed by atoms with Gasteiger partial charge in [-0.15, -0.1) is 11.8 Å². The van der Waals surface area contributed by atoms with Crippen molar-refractivity contribution in [2.24, 2.45) is 11.7 Å². The summed E-state index contributed by atoms with van der Waals surface area (Å²) in [6.07, 6.45) is 0. The van der Waals surface area contributed by atoms with Crippen molar-refractivity contribution in [3.8, 4) is 0 Å². The molecule has 0 saturated heterocycles.